The van der Waals surface area contributed by atoms with Gasteiger partial charge in [-0.3, -0.25) is 0 Å². The lowest BCUT2D eigenvalue weighted by Gasteiger charge is -2.61. The Labute approximate surface area is 218 Å². The van der Waals surface area contributed by atoms with Gasteiger partial charge in [-0.05, 0) is 60.7 Å². The molecule has 1 aliphatic rings. The molecule has 0 bridgehead atoms. The van der Waals surface area contributed by atoms with Crippen LogP contribution in [0.15, 0.2) is 0 Å². The van der Waals surface area contributed by atoms with Gasteiger partial charge in [0.25, 0.3) is 0 Å². The maximum atomic E-state index is 2.65. The molecule has 3 atom stereocenters. The molecule has 0 heteroatoms. The third-order valence-corrected chi connectivity index (χ3v) is 10.6. The molecule has 1 aliphatic carbocycles. The van der Waals surface area contributed by atoms with Crippen LogP contribution in [0, 0.1) is 28.6 Å². The zero-order chi connectivity index (χ0) is 25.3. The molecule has 0 saturated heterocycles. The van der Waals surface area contributed by atoms with Crippen molar-refractivity contribution in [3.05, 3.63) is 0 Å². The minimum Gasteiger partial charge on any atom is -0.0654 e. The molecular weight excluding hydrogens is 408 g/mol. The Morgan fingerprint density at radius 1 is 0.559 bits per heavy atom. The summed E-state index contributed by atoms with van der Waals surface area (Å²) in [6, 6.07) is 0. The van der Waals surface area contributed by atoms with Crippen LogP contribution >= 0.6 is 0 Å². The Balaban J connectivity index is 3.66. The molecule has 3 unspecified atom stereocenters. The number of hydrogen-bond acceptors (Lipinski definition) is 0. The predicted octanol–water partition coefficient (Wildman–Crippen LogP) is 12.5. The molecule has 0 nitrogen and oxygen atoms in total. The minimum atomic E-state index is 0.552. The highest BCUT2D eigenvalue weighted by Gasteiger charge is 2.56. The van der Waals surface area contributed by atoms with Gasteiger partial charge in [-0.1, -0.05) is 158 Å². The van der Waals surface area contributed by atoms with E-state index in [0.29, 0.717) is 10.8 Å². The van der Waals surface area contributed by atoms with E-state index in [0.717, 1.165) is 17.8 Å². The Bertz CT molecular complexity index is 457. The van der Waals surface area contributed by atoms with Gasteiger partial charge in [0.15, 0.2) is 0 Å². The molecule has 1 fully saturated rings. The molecule has 204 valence electrons. The average molecular weight is 477 g/mol. The Kier molecular flexibility index (Phi) is 17.2. The van der Waals surface area contributed by atoms with E-state index in [9.17, 15) is 0 Å². The highest BCUT2D eigenvalue weighted by atomic mass is 14.6. The van der Waals surface area contributed by atoms with Crippen LogP contribution in [0.4, 0.5) is 0 Å². The van der Waals surface area contributed by atoms with Gasteiger partial charge in [0.05, 0.1) is 0 Å². The van der Waals surface area contributed by atoms with Gasteiger partial charge >= 0.3 is 0 Å². The van der Waals surface area contributed by atoms with Gasteiger partial charge in [-0.15, -0.1) is 0 Å². The van der Waals surface area contributed by atoms with Crippen LogP contribution in [0.5, 0.6) is 0 Å². The third kappa shape index (κ3) is 8.26. The van der Waals surface area contributed by atoms with Crippen molar-refractivity contribution in [2.24, 2.45) is 28.6 Å². The molecule has 1 rings (SSSR count). The summed E-state index contributed by atoms with van der Waals surface area (Å²) in [4.78, 5) is 0. The minimum absolute atomic E-state index is 0.552. The molecule has 0 N–H and O–H groups in total. The summed E-state index contributed by atoms with van der Waals surface area (Å²) in [6.07, 6.45) is 32.1. The van der Waals surface area contributed by atoms with Crippen LogP contribution in [0.1, 0.15) is 190 Å². The SMILES string of the molecule is CCCCCCC(C1CCCCC1)C(CC)(CCCCC)C(CCC)(CCCC)C(CC)CC. The van der Waals surface area contributed by atoms with Crippen LogP contribution < -0.4 is 0 Å². The van der Waals surface area contributed by atoms with Crippen molar-refractivity contribution in [1.29, 1.82) is 0 Å². The van der Waals surface area contributed by atoms with Gasteiger partial charge < -0.3 is 0 Å². The van der Waals surface area contributed by atoms with E-state index in [1.165, 1.54) is 141 Å². The first-order chi connectivity index (χ1) is 16.6. The van der Waals surface area contributed by atoms with Crippen LogP contribution in [0.3, 0.4) is 0 Å². The van der Waals surface area contributed by atoms with Gasteiger partial charge in [-0.25, -0.2) is 0 Å². The summed E-state index contributed by atoms with van der Waals surface area (Å²) in [6.45, 7) is 17.5. The van der Waals surface area contributed by atoms with Crippen LogP contribution in [-0.4, -0.2) is 0 Å². The van der Waals surface area contributed by atoms with E-state index < -0.39 is 0 Å². The fourth-order valence-corrected chi connectivity index (χ4v) is 9.02. The molecule has 34 heavy (non-hydrogen) atoms. The number of rotatable bonds is 21. The van der Waals surface area contributed by atoms with Crippen LogP contribution in [0.2, 0.25) is 0 Å². The van der Waals surface area contributed by atoms with Crippen molar-refractivity contribution in [3.8, 4) is 0 Å². The molecular formula is C34H68. The van der Waals surface area contributed by atoms with Crippen molar-refractivity contribution in [1.82, 2.24) is 0 Å². The fourth-order valence-electron chi connectivity index (χ4n) is 9.02. The third-order valence-electron chi connectivity index (χ3n) is 10.6. The first-order valence-corrected chi connectivity index (χ1v) is 16.6. The van der Waals surface area contributed by atoms with E-state index in [1.54, 1.807) is 0 Å². The largest absolute Gasteiger partial charge is 0.0654 e. The van der Waals surface area contributed by atoms with Crippen LogP contribution in [-0.2, 0) is 0 Å². The molecule has 0 aromatic carbocycles. The lowest BCUT2D eigenvalue weighted by molar-refractivity contribution is -0.121. The first-order valence-electron chi connectivity index (χ1n) is 16.6. The highest BCUT2D eigenvalue weighted by Crippen LogP contribution is 2.64. The van der Waals surface area contributed by atoms with Crippen molar-refractivity contribution in [2.75, 3.05) is 0 Å². The van der Waals surface area contributed by atoms with Gasteiger partial charge in [0.2, 0.25) is 0 Å². The fraction of sp³-hybridized carbons (Fsp3) is 1.00. The summed E-state index contributed by atoms with van der Waals surface area (Å²) in [5.74, 6) is 2.88. The molecule has 0 spiro atoms. The number of hydrogen-bond donors (Lipinski definition) is 0. The molecule has 0 aliphatic heterocycles. The normalized spacial score (nSPS) is 19.8. The summed E-state index contributed by atoms with van der Waals surface area (Å²) in [5, 5.41) is 0. The lowest BCUT2D eigenvalue weighted by atomic mass is 9.43. The second-order valence-electron chi connectivity index (χ2n) is 12.3. The van der Waals surface area contributed by atoms with Crippen molar-refractivity contribution < 1.29 is 0 Å². The van der Waals surface area contributed by atoms with E-state index in [2.05, 4.69) is 48.5 Å². The predicted molar refractivity (Wildman–Crippen MR) is 157 cm³/mol. The maximum absolute atomic E-state index is 2.65. The van der Waals surface area contributed by atoms with Crippen molar-refractivity contribution >= 4 is 0 Å². The second-order valence-corrected chi connectivity index (χ2v) is 12.3. The number of unbranched alkanes of at least 4 members (excludes halogenated alkanes) is 6. The first kappa shape index (κ1) is 32.0. The zero-order valence-electron chi connectivity index (χ0n) is 25.3. The second kappa shape index (κ2) is 18.3. The highest BCUT2D eigenvalue weighted by molar-refractivity contribution is 5.05. The molecule has 0 amide bonds. The Morgan fingerprint density at radius 3 is 1.68 bits per heavy atom. The van der Waals surface area contributed by atoms with E-state index in [-0.39, 0.29) is 0 Å². The Morgan fingerprint density at radius 2 is 1.15 bits per heavy atom. The summed E-state index contributed by atoms with van der Waals surface area (Å²) >= 11 is 0. The quantitative estimate of drug-likeness (QED) is 0.144. The van der Waals surface area contributed by atoms with Crippen molar-refractivity contribution in [2.45, 2.75) is 190 Å². The Hall–Kier alpha value is 0. The monoisotopic (exact) mass is 477 g/mol. The smallest absolute Gasteiger partial charge is 0.0210 e. The van der Waals surface area contributed by atoms with E-state index >= 15 is 0 Å². The molecule has 0 heterocycles. The standard InChI is InChI=1S/C34H68/c1-8-15-18-22-26-32(30-24-20-19-21-25-30)33(14-7,29-23-16-9-2)34(27-11-4,28-17-10-3)31(12-5)13-6/h30-32H,8-29H2,1-7H3. The van der Waals surface area contributed by atoms with Crippen molar-refractivity contribution in [3.63, 3.8) is 0 Å². The molecule has 0 aromatic rings. The lowest BCUT2D eigenvalue weighted by Crippen LogP contribution is -2.53. The van der Waals surface area contributed by atoms with E-state index in [4.69, 9.17) is 0 Å². The molecule has 0 aromatic heterocycles. The van der Waals surface area contributed by atoms with E-state index in [1.807, 2.05) is 0 Å². The topological polar surface area (TPSA) is 0 Å². The summed E-state index contributed by atoms with van der Waals surface area (Å²) in [7, 11) is 0. The molecule has 1 saturated carbocycles. The molecule has 0 radical (unpaired) electrons. The van der Waals surface area contributed by atoms with Crippen LogP contribution in [0.25, 0.3) is 0 Å². The zero-order valence-corrected chi connectivity index (χ0v) is 25.3. The average Bonchev–Trinajstić information content (AvgIpc) is 2.87. The summed E-state index contributed by atoms with van der Waals surface area (Å²) in [5.41, 5.74) is 1.11. The van der Waals surface area contributed by atoms with Gasteiger partial charge in [0, 0.05) is 0 Å². The maximum Gasteiger partial charge on any atom is -0.0210 e. The van der Waals surface area contributed by atoms with Gasteiger partial charge in [-0.2, -0.15) is 0 Å². The van der Waals surface area contributed by atoms with Gasteiger partial charge in [0.1, 0.15) is 0 Å². The summed E-state index contributed by atoms with van der Waals surface area (Å²) < 4.78 is 0.